The Hall–Kier alpha value is -2.34. The molecule has 1 saturated heterocycles. The van der Waals surface area contributed by atoms with Gasteiger partial charge in [-0.25, -0.2) is 9.97 Å². The standard InChI is InChI=1S/C19H23ClN4O2/c1-2-26-19-15(4-3-9-21-19)12-23-18(25)14-7-10-24(11-8-14)17-6-5-16(20)13-22-17/h3-6,9,13-14H,2,7-8,10-12H2,1H3,(H,23,25). The molecule has 0 spiro atoms. The van der Waals surface area contributed by atoms with Gasteiger partial charge in [-0.15, -0.1) is 0 Å². The van der Waals surface area contributed by atoms with Crippen LogP contribution in [0.5, 0.6) is 5.88 Å². The van der Waals surface area contributed by atoms with E-state index in [9.17, 15) is 4.79 Å². The van der Waals surface area contributed by atoms with Crippen LogP contribution in [0.15, 0.2) is 36.7 Å². The van der Waals surface area contributed by atoms with Crippen LogP contribution < -0.4 is 15.0 Å². The number of piperidine rings is 1. The number of amides is 1. The Morgan fingerprint density at radius 1 is 1.31 bits per heavy atom. The van der Waals surface area contributed by atoms with Crippen molar-refractivity contribution in [3.63, 3.8) is 0 Å². The molecule has 0 saturated carbocycles. The molecule has 1 amide bonds. The topological polar surface area (TPSA) is 67.3 Å². The first kappa shape index (κ1) is 18.5. The van der Waals surface area contributed by atoms with Crippen LogP contribution >= 0.6 is 11.6 Å². The maximum atomic E-state index is 12.5. The van der Waals surface area contributed by atoms with Gasteiger partial charge in [-0.1, -0.05) is 17.7 Å². The molecule has 2 aromatic rings. The molecule has 7 heteroatoms. The van der Waals surface area contributed by atoms with Gasteiger partial charge >= 0.3 is 0 Å². The maximum Gasteiger partial charge on any atom is 0.223 e. The molecule has 1 aliphatic heterocycles. The minimum absolute atomic E-state index is 0.0192. The largest absolute Gasteiger partial charge is 0.478 e. The van der Waals surface area contributed by atoms with Gasteiger partial charge < -0.3 is 15.0 Å². The summed E-state index contributed by atoms with van der Waals surface area (Å²) in [5.41, 5.74) is 0.894. The number of hydrogen-bond acceptors (Lipinski definition) is 5. The third kappa shape index (κ3) is 4.64. The van der Waals surface area contributed by atoms with Crippen molar-refractivity contribution >= 4 is 23.3 Å². The number of anilines is 1. The summed E-state index contributed by atoms with van der Waals surface area (Å²) in [5.74, 6) is 1.59. The third-order valence-electron chi connectivity index (χ3n) is 4.49. The summed E-state index contributed by atoms with van der Waals surface area (Å²) in [6, 6.07) is 7.53. The fraction of sp³-hybridized carbons (Fsp3) is 0.421. The Morgan fingerprint density at radius 3 is 2.81 bits per heavy atom. The molecule has 2 aromatic heterocycles. The van der Waals surface area contributed by atoms with Crippen LogP contribution in [-0.4, -0.2) is 35.6 Å². The van der Waals surface area contributed by atoms with Gasteiger partial charge in [-0.3, -0.25) is 4.79 Å². The van der Waals surface area contributed by atoms with E-state index in [2.05, 4.69) is 20.2 Å². The lowest BCUT2D eigenvalue weighted by molar-refractivity contribution is -0.125. The molecule has 6 nitrogen and oxygen atoms in total. The minimum atomic E-state index is 0.0192. The molecule has 1 aliphatic rings. The van der Waals surface area contributed by atoms with Gasteiger partial charge in [0.2, 0.25) is 11.8 Å². The van der Waals surface area contributed by atoms with E-state index in [0.29, 0.717) is 24.1 Å². The number of carbonyl (C=O) groups is 1. The summed E-state index contributed by atoms with van der Waals surface area (Å²) in [7, 11) is 0. The molecular formula is C19H23ClN4O2. The predicted molar refractivity (Wildman–Crippen MR) is 101 cm³/mol. The van der Waals surface area contributed by atoms with Crippen LogP contribution in [0.2, 0.25) is 5.02 Å². The number of aromatic nitrogens is 2. The summed E-state index contributed by atoms with van der Waals surface area (Å²) in [6.07, 6.45) is 4.96. The summed E-state index contributed by atoms with van der Waals surface area (Å²) in [4.78, 5) is 23.3. The molecular weight excluding hydrogens is 352 g/mol. The first-order chi connectivity index (χ1) is 12.7. The average Bonchev–Trinajstić information content (AvgIpc) is 2.68. The van der Waals surface area contributed by atoms with Crippen LogP contribution in [0.25, 0.3) is 0 Å². The van der Waals surface area contributed by atoms with Crippen molar-refractivity contribution < 1.29 is 9.53 Å². The highest BCUT2D eigenvalue weighted by Crippen LogP contribution is 2.23. The second-order valence-electron chi connectivity index (χ2n) is 6.21. The van der Waals surface area contributed by atoms with Crippen LogP contribution in [0.3, 0.4) is 0 Å². The molecule has 26 heavy (non-hydrogen) atoms. The highest BCUT2D eigenvalue weighted by molar-refractivity contribution is 6.30. The van der Waals surface area contributed by atoms with Crippen molar-refractivity contribution in [2.24, 2.45) is 5.92 Å². The molecule has 1 fully saturated rings. The Balaban J connectivity index is 1.50. The molecule has 138 valence electrons. The molecule has 3 heterocycles. The average molecular weight is 375 g/mol. The van der Waals surface area contributed by atoms with E-state index >= 15 is 0 Å². The van der Waals surface area contributed by atoms with Crippen molar-refractivity contribution in [3.05, 3.63) is 47.2 Å². The van der Waals surface area contributed by atoms with E-state index in [-0.39, 0.29) is 11.8 Å². The normalized spacial score (nSPS) is 14.9. The number of halogens is 1. The lowest BCUT2D eigenvalue weighted by atomic mass is 9.96. The predicted octanol–water partition coefficient (Wildman–Crippen LogP) is 3.06. The number of carbonyl (C=O) groups excluding carboxylic acids is 1. The van der Waals surface area contributed by atoms with Crippen molar-refractivity contribution in [3.8, 4) is 5.88 Å². The number of ether oxygens (including phenoxy) is 1. The lowest BCUT2D eigenvalue weighted by Gasteiger charge is -2.32. The second-order valence-corrected chi connectivity index (χ2v) is 6.65. The molecule has 0 aliphatic carbocycles. The van der Waals surface area contributed by atoms with E-state index in [1.165, 1.54) is 0 Å². The number of nitrogens with zero attached hydrogens (tertiary/aromatic N) is 3. The Kier molecular flexibility index (Phi) is 6.28. The molecule has 0 aromatic carbocycles. The molecule has 0 radical (unpaired) electrons. The summed E-state index contributed by atoms with van der Waals surface area (Å²) in [6.45, 7) is 4.52. The minimum Gasteiger partial charge on any atom is -0.478 e. The summed E-state index contributed by atoms with van der Waals surface area (Å²) < 4.78 is 5.50. The fourth-order valence-electron chi connectivity index (χ4n) is 3.08. The van der Waals surface area contributed by atoms with E-state index in [1.54, 1.807) is 12.4 Å². The zero-order chi connectivity index (χ0) is 18.4. The number of hydrogen-bond donors (Lipinski definition) is 1. The maximum absolute atomic E-state index is 12.5. The van der Waals surface area contributed by atoms with Crippen LogP contribution in [0, 0.1) is 5.92 Å². The van der Waals surface area contributed by atoms with E-state index < -0.39 is 0 Å². The second kappa shape index (κ2) is 8.85. The van der Waals surface area contributed by atoms with Gasteiger partial charge in [0.05, 0.1) is 11.6 Å². The SMILES string of the molecule is CCOc1ncccc1CNC(=O)C1CCN(c2ccc(Cl)cn2)CC1. The Bertz CT molecular complexity index is 731. The van der Waals surface area contributed by atoms with Gasteiger partial charge in [-0.2, -0.15) is 0 Å². The van der Waals surface area contributed by atoms with Crippen LogP contribution in [0.4, 0.5) is 5.82 Å². The van der Waals surface area contributed by atoms with Gasteiger partial charge in [0.15, 0.2) is 0 Å². The molecule has 0 unspecified atom stereocenters. The number of nitrogens with one attached hydrogen (secondary N) is 1. The van der Waals surface area contributed by atoms with Crippen molar-refractivity contribution in [2.45, 2.75) is 26.3 Å². The first-order valence-corrected chi connectivity index (χ1v) is 9.26. The molecule has 0 bridgehead atoms. The Labute approximate surface area is 158 Å². The van der Waals surface area contributed by atoms with Crippen molar-refractivity contribution in [2.75, 3.05) is 24.6 Å². The van der Waals surface area contributed by atoms with E-state index in [4.69, 9.17) is 16.3 Å². The van der Waals surface area contributed by atoms with Crippen molar-refractivity contribution in [1.82, 2.24) is 15.3 Å². The monoisotopic (exact) mass is 374 g/mol. The lowest BCUT2D eigenvalue weighted by Crippen LogP contribution is -2.40. The van der Waals surface area contributed by atoms with E-state index in [1.807, 2.05) is 31.2 Å². The third-order valence-corrected chi connectivity index (χ3v) is 4.71. The van der Waals surface area contributed by atoms with Gasteiger partial charge in [0.25, 0.3) is 0 Å². The zero-order valence-corrected chi connectivity index (χ0v) is 15.6. The van der Waals surface area contributed by atoms with Gasteiger partial charge in [0.1, 0.15) is 5.82 Å². The summed E-state index contributed by atoms with van der Waals surface area (Å²) in [5, 5.41) is 3.65. The van der Waals surface area contributed by atoms with E-state index in [0.717, 1.165) is 37.3 Å². The highest BCUT2D eigenvalue weighted by Gasteiger charge is 2.25. The molecule has 1 N–H and O–H groups in total. The quantitative estimate of drug-likeness (QED) is 0.841. The van der Waals surface area contributed by atoms with Gasteiger partial charge in [-0.05, 0) is 38.0 Å². The molecule has 3 rings (SSSR count). The Morgan fingerprint density at radius 2 is 2.12 bits per heavy atom. The van der Waals surface area contributed by atoms with Crippen LogP contribution in [-0.2, 0) is 11.3 Å². The van der Waals surface area contributed by atoms with Crippen molar-refractivity contribution in [1.29, 1.82) is 0 Å². The summed E-state index contributed by atoms with van der Waals surface area (Å²) >= 11 is 5.88. The number of rotatable bonds is 6. The smallest absolute Gasteiger partial charge is 0.223 e. The number of pyridine rings is 2. The van der Waals surface area contributed by atoms with Gasteiger partial charge in [0, 0.05) is 43.5 Å². The first-order valence-electron chi connectivity index (χ1n) is 8.88. The van der Waals surface area contributed by atoms with Crippen LogP contribution in [0.1, 0.15) is 25.3 Å². The highest BCUT2D eigenvalue weighted by atomic mass is 35.5. The zero-order valence-electron chi connectivity index (χ0n) is 14.8. The fourth-order valence-corrected chi connectivity index (χ4v) is 3.19. The molecule has 0 atom stereocenters.